The topological polar surface area (TPSA) is 86.8 Å². The van der Waals surface area contributed by atoms with E-state index in [-0.39, 0.29) is 37.4 Å². The summed E-state index contributed by atoms with van der Waals surface area (Å²) in [5.74, 6) is -0.383. The van der Waals surface area contributed by atoms with Crippen molar-refractivity contribution in [2.24, 2.45) is 0 Å². The molecule has 2 amide bonds. The third kappa shape index (κ3) is 8.35. The number of halogens is 2. The molecule has 1 N–H and O–H groups in total. The normalized spacial score (nSPS) is 14.8. The van der Waals surface area contributed by atoms with Crippen LogP contribution in [0.5, 0.6) is 0 Å². The van der Waals surface area contributed by atoms with Gasteiger partial charge in [-0.15, -0.1) is 0 Å². The maximum Gasteiger partial charge on any atom is 0.243 e. The van der Waals surface area contributed by atoms with Crippen LogP contribution in [0.2, 0.25) is 10.0 Å². The number of rotatable bonds is 12. The van der Waals surface area contributed by atoms with Gasteiger partial charge in [-0.05, 0) is 55.5 Å². The Balaban J connectivity index is 1.76. The highest BCUT2D eigenvalue weighted by Gasteiger charge is 2.30. The van der Waals surface area contributed by atoms with E-state index in [1.54, 1.807) is 47.4 Å². The fourth-order valence-electron chi connectivity index (χ4n) is 4.72. The molecule has 1 saturated carbocycles. The van der Waals surface area contributed by atoms with E-state index >= 15 is 0 Å². The van der Waals surface area contributed by atoms with Gasteiger partial charge in [-0.2, -0.15) is 0 Å². The third-order valence-electron chi connectivity index (χ3n) is 6.62. The van der Waals surface area contributed by atoms with Crippen LogP contribution < -0.4 is 9.62 Å². The number of benzene rings is 2. The molecule has 37 heavy (non-hydrogen) atoms. The summed E-state index contributed by atoms with van der Waals surface area (Å²) in [6.07, 6.45) is 6.07. The molecule has 0 saturated heterocycles. The smallest absolute Gasteiger partial charge is 0.243 e. The number of amides is 2. The van der Waals surface area contributed by atoms with E-state index in [0.29, 0.717) is 28.6 Å². The molecule has 0 bridgehead atoms. The van der Waals surface area contributed by atoms with Gasteiger partial charge in [0, 0.05) is 25.6 Å². The first kappa shape index (κ1) is 29.3. The Kier molecular flexibility index (Phi) is 10.7. The Morgan fingerprint density at radius 2 is 1.73 bits per heavy atom. The second-order valence-corrected chi connectivity index (χ2v) is 12.2. The quantitative estimate of drug-likeness (QED) is 0.371. The fraction of sp³-hybridized carbons (Fsp3) is 0.481. The van der Waals surface area contributed by atoms with Crippen LogP contribution in [0.25, 0.3) is 0 Å². The molecular weight excluding hydrogens is 533 g/mol. The average molecular weight is 569 g/mol. The molecule has 1 fully saturated rings. The molecule has 0 spiro atoms. The van der Waals surface area contributed by atoms with Crippen molar-refractivity contribution in [2.75, 3.05) is 17.1 Å². The molecule has 0 aromatic heterocycles. The second kappa shape index (κ2) is 13.5. The Morgan fingerprint density at radius 3 is 2.32 bits per heavy atom. The molecule has 0 heterocycles. The van der Waals surface area contributed by atoms with Crippen molar-refractivity contribution in [1.82, 2.24) is 10.2 Å². The summed E-state index contributed by atoms with van der Waals surface area (Å²) < 4.78 is 26.1. The van der Waals surface area contributed by atoms with Crippen LogP contribution in [0.15, 0.2) is 48.5 Å². The van der Waals surface area contributed by atoms with E-state index in [4.69, 9.17) is 23.2 Å². The Labute approximate surface area is 230 Å². The number of para-hydroxylation sites is 1. The number of anilines is 1. The van der Waals surface area contributed by atoms with Gasteiger partial charge in [0.2, 0.25) is 21.8 Å². The van der Waals surface area contributed by atoms with Crippen molar-refractivity contribution in [3.05, 3.63) is 64.1 Å². The third-order valence-corrected chi connectivity index (χ3v) is 8.55. The van der Waals surface area contributed by atoms with Gasteiger partial charge in [0.15, 0.2) is 0 Å². The van der Waals surface area contributed by atoms with E-state index in [0.717, 1.165) is 37.5 Å². The maximum atomic E-state index is 13.5. The monoisotopic (exact) mass is 567 g/mol. The van der Waals surface area contributed by atoms with Crippen molar-refractivity contribution in [3.8, 4) is 0 Å². The van der Waals surface area contributed by atoms with Crippen LogP contribution >= 0.6 is 23.2 Å². The summed E-state index contributed by atoms with van der Waals surface area (Å²) in [5, 5.41) is 3.91. The number of nitrogens with zero attached hydrogens (tertiary/aromatic N) is 2. The first-order valence-electron chi connectivity index (χ1n) is 12.7. The number of hydrogen-bond acceptors (Lipinski definition) is 4. The van der Waals surface area contributed by atoms with Gasteiger partial charge in [0.05, 0.1) is 22.0 Å². The van der Waals surface area contributed by atoms with E-state index in [9.17, 15) is 18.0 Å². The number of carbonyl (C=O) groups is 2. The lowest BCUT2D eigenvalue weighted by molar-refractivity contribution is -0.141. The van der Waals surface area contributed by atoms with Crippen molar-refractivity contribution >= 4 is 50.7 Å². The van der Waals surface area contributed by atoms with Crippen LogP contribution in [0.1, 0.15) is 57.4 Å². The summed E-state index contributed by atoms with van der Waals surface area (Å²) in [5.41, 5.74) is 1.31. The largest absolute Gasteiger partial charge is 0.352 e. The van der Waals surface area contributed by atoms with E-state index < -0.39 is 16.1 Å². The minimum Gasteiger partial charge on any atom is -0.352 e. The van der Waals surface area contributed by atoms with E-state index in [2.05, 4.69) is 5.32 Å². The number of carbonyl (C=O) groups excluding carboxylic acids is 2. The summed E-state index contributed by atoms with van der Waals surface area (Å²) >= 11 is 12.3. The fourth-order valence-corrected chi connectivity index (χ4v) is 6.01. The molecule has 3 rings (SSSR count). The van der Waals surface area contributed by atoms with Gasteiger partial charge < -0.3 is 10.2 Å². The number of sulfonamides is 1. The van der Waals surface area contributed by atoms with Gasteiger partial charge in [0.25, 0.3) is 0 Å². The average Bonchev–Trinajstić information content (AvgIpc) is 3.36. The minimum atomic E-state index is -3.52. The molecule has 10 heteroatoms. The van der Waals surface area contributed by atoms with Crippen LogP contribution in [0.3, 0.4) is 0 Å². The highest BCUT2D eigenvalue weighted by atomic mass is 35.5. The molecule has 7 nitrogen and oxygen atoms in total. The zero-order valence-electron chi connectivity index (χ0n) is 21.3. The van der Waals surface area contributed by atoms with Crippen molar-refractivity contribution in [3.63, 3.8) is 0 Å². The highest BCUT2D eigenvalue weighted by Crippen LogP contribution is 2.25. The van der Waals surface area contributed by atoms with Crippen LogP contribution in [-0.2, 0) is 26.2 Å². The summed E-state index contributed by atoms with van der Waals surface area (Å²) in [6, 6.07) is 13.4. The van der Waals surface area contributed by atoms with E-state index in [1.165, 1.54) is 4.31 Å². The predicted octanol–water partition coefficient (Wildman–Crippen LogP) is 5.41. The lowest BCUT2D eigenvalue weighted by atomic mass is 10.1. The highest BCUT2D eigenvalue weighted by molar-refractivity contribution is 7.92. The molecule has 0 aliphatic heterocycles. The summed E-state index contributed by atoms with van der Waals surface area (Å²) in [6.45, 7) is 2.23. The zero-order valence-corrected chi connectivity index (χ0v) is 23.7. The summed E-state index contributed by atoms with van der Waals surface area (Å²) in [4.78, 5) is 28.4. The standard InChI is InChI=1S/C27H35Cl2N3O4S/c1-3-25(27(34)30-21-10-7-8-11-21)31(19-20-15-16-23(28)24(29)18-20)26(33)14-9-17-32(37(2,35)36)22-12-5-4-6-13-22/h4-6,12-13,15-16,18,21,25H,3,7-11,14,17,19H2,1-2H3,(H,30,34). The maximum absolute atomic E-state index is 13.5. The molecule has 1 unspecified atom stereocenters. The first-order valence-corrected chi connectivity index (χ1v) is 15.3. The van der Waals surface area contributed by atoms with E-state index in [1.807, 2.05) is 13.0 Å². The van der Waals surface area contributed by atoms with Gasteiger partial charge in [-0.3, -0.25) is 13.9 Å². The van der Waals surface area contributed by atoms with Crippen molar-refractivity contribution in [2.45, 2.75) is 70.5 Å². The molecule has 0 radical (unpaired) electrons. The lowest BCUT2D eigenvalue weighted by Crippen LogP contribution is -2.51. The van der Waals surface area contributed by atoms with Crippen LogP contribution in [0, 0.1) is 0 Å². The van der Waals surface area contributed by atoms with Crippen molar-refractivity contribution in [1.29, 1.82) is 0 Å². The zero-order chi connectivity index (χ0) is 27.0. The van der Waals surface area contributed by atoms with Gasteiger partial charge in [-0.25, -0.2) is 8.42 Å². The molecule has 1 aliphatic rings. The molecule has 1 aliphatic carbocycles. The predicted molar refractivity (Wildman–Crippen MR) is 149 cm³/mol. The first-order chi connectivity index (χ1) is 17.6. The molecule has 2 aromatic carbocycles. The van der Waals surface area contributed by atoms with Gasteiger partial charge in [-0.1, -0.05) is 67.2 Å². The number of hydrogen-bond donors (Lipinski definition) is 1. The Bertz CT molecular complexity index is 1170. The lowest BCUT2D eigenvalue weighted by Gasteiger charge is -2.32. The SMILES string of the molecule is CCC(C(=O)NC1CCCC1)N(Cc1ccc(Cl)c(Cl)c1)C(=O)CCCN(c1ccccc1)S(C)(=O)=O. The summed E-state index contributed by atoms with van der Waals surface area (Å²) in [7, 11) is -3.52. The van der Waals surface area contributed by atoms with Crippen LogP contribution in [-0.4, -0.2) is 50.0 Å². The van der Waals surface area contributed by atoms with Crippen LogP contribution in [0.4, 0.5) is 5.69 Å². The van der Waals surface area contributed by atoms with Gasteiger partial charge in [0.1, 0.15) is 6.04 Å². The Hall–Kier alpha value is -2.29. The molecule has 2 aromatic rings. The number of nitrogens with one attached hydrogen (secondary N) is 1. The molecule has 1 atom stereocenters. The van der Waals surface area contributed by atoms with Crippen molar-refractivity contribution < 1.29 is 18.0 Å². The molecular formula is C27H35Cl2N3O4S. The van der Waals surface area contributed by atoms with Gasteiger partial charge >= 0.3 is 0 Å². The molecule has 202 valence electrons. The second-order valence-electron chi connectivity index (χ2n) is 9.46. The minimum absolute atomic E-state index is 0.0907. The Morgan fingerprint density at radius 1 is 1.05 bits per heavy atom.